The first-order valence-electron chi connectivity index (χ1n) is 12.5. The number of phenolic OH excluding ortho intramolecular Hbond substituents is 1. The van der Waals surface area contributed by atoms with Gasteiger partial charge in [-0.15, -0.1) is 0 Å². The fraction of sp³-hybridized carbons (Fsp3) is 0.464. The number of rotatable bonds is 9. The van der Waals surface area contributed by atoms with Gasteiger partial charge in [-0.05, 0) is 81.2 Å². The lowest BCUT2D eigenvalue weighted by Gasteiger charge is -2.19. The first-order valence-corrected chi connectivity index (χ1v) is 12.5. The van der Waals surface area contributed by atoms with Gasteiger partial charge >= 0.3 is 0 Å². The Morgan fingerprint density at radius 1 is 1.26 bits per heavy atom. The van der Waals surface area contributed by atoms with Gasteiger partial charge in [0.1, 0.15) is 11.6 Å². The fourth-order valence-electron chi connectivity index (χ4n) is 4.58. The number of hydrogen-bond acceptors (Lipinski definition) is 5. The van der Waals surface area contributed by atoms with Crippen LogP contribution in [0.15, 0.2) is 58.9 Å². The number of phenols is 1. The SMILES string of the molecule is CN=C1NC(Cc2cccc(O)c2)=C(CCc2ccc(C)cn2)CCC1C(=O)NCCC1(O)CC1. The number of amides is 1. The van der Waals surface area contributed by atoms with Gasteiger partial charge in [0.05, 0.1) is 11.5 Å². The Labute approximate surface area is 207 Å². The van der Waals surface area contributed by atoms with Crippen LogP contribution in [0.3, 0.4) is 0 Å². The minimum atomic E-state index is -0.580. The molecule has 0 saturated heterocycles. The summed E-state index contributed by atoms with van der Waals surface area (Å²) in [5.74, 6) is 0.468. The number of aryl methyl sites for hydroxylation is 2. The average Bonchev–Trinajstić information content (AvgIpc) is 3.60. The minimum Gasteiger partial charge on any atom is -0.508 e. The summed E-state index contributed by atoms with van der Waals surface area (Å²) >= 11 is 0. The van der Waals surface area contributed by atoms with Crippen LogP contribution in [0.4, 0.5) is 0 Å². The zero-order valence-corrected chi connectivity index (χ0v) is 20.7. The van der Waals surface area contributed by atoms with Gasteiger partial charge in [0.15, 0.2) is 0 Å². The van der Waals surface area contributed by atoms with Crippen molar-refractivity contribution in [2.75, 3.05) is 13.6 Å². The molecule has 7 nitrogen and oxygen atoms in total. The molecule has 1 aliphatic heterocycles. The van der Waals surface area contributed by atoms with Crippen LogP contribution < -0.4 is 10.6 Å². The van der Waals surface area contributed by atoms with Crippen molar-refractivity contribution in [3.63, 3.8) is 0 Å². The molecular formula is C28H36N4O3. The molecule has 2 heterocycles. The third-order valence-electron chi connectivity index (χ3n) is 6.99. The monoisotopic (exact) mass is 476 g/mol. The Kier molecular flexibility index (Phi) is 7.86. The molecule has 1 unspecified atom stereocenters. The van der Waals surface area contributed by atoms with E-state index in [1.807, 2.05) is 25.3 Å². The average molecular weight is 477 g/mol. The topological polar surface area (TPSA) is 107 Å². The number of aromatic hydroxyl groups is 1. The second-order valence-electron chi connectivity index (χ2n) is 9.85. The van der Waals surface area contributed by atoms with E-state index in [0.717, 1.165) is 54.6 Å². The number of aliphatic imine (C=N–C) groups is 1. The fourth-order valence-corrected chi connectivity index (χ4v) is 4.58. The molecule has 7 heteroatoms. The Morgan fingerprint density at radius 2 is 2.09 bits per heavy atom. The van der Waals surface area contributed by atoms with E-state index in [1.54, 1.807) is 19.2 Å². The van der Waals surface area contributed by atoms with Crippen molar-refractivity contribution in [2.24, 2.45) is 10.9 Å². The second-order valence-corrected chi connectivity index (χ2v) is 9.85. The van der Waals surface area contributed by atoms with Gasteiger partial charge in [0, 0.05) is 37.6 Å². The van der Waals surface area contributed by atoms with Gasteiger partial charge in [-0.25, -0.2) is 0 Å². The molecule has 4 rings (SSSR count). The predicted octanol–water partition coefficient (Wildman–Crippen LogP) is 3.58. The minimum absolute atomic E-state index is 0.0551. The summed E-state index contributed by atoms with van der Waals surface area (Å²) in [5, 5.41) is 26.5. The maximum Gasteiger partial charge on any atom is 0.230 e. The van der Waals surface area contributed by atoms with Gasteiger partial charge in [-0.3, -0.25) is 14.8 Å². The molecule has 0 spiro atoms. The quantitative estimate of drug-likeness (QED) is 0.443. The Hall–Kier alpha value is -3.19. The highest BCUT2D eigenvalue weighted by Crippen LogP contribution is 2.37. The van der Waals surface area contributed by atoms with E-state index in [1.165, 1.54) is 5.57 Å². The van der Waals surface area contributed by atoms with Gasteiger partial charge in [0.25, 0.3) is 0 Å². The van der Waals surface area contributed by atoms with Gasteiger partial charge in [0.2, 0.25) is 5.91 Å². The third-order valence-corrected chi connectivity index (χ3v) is 6.99. The highest BCUT2D eigenvalue weighted by atomic mass is 16.3. The van der Waals surface area contributed by atoms with Crippen LogP contribution in [0.2, 0.25) is 0 Å². The number of nitrogens with one attached hydrogen (secondary N) is 2. The number of benzene rings is 1. The Bertz CT molecular complexity index is 1100. The Balaban J connectivity index is 1.50. The summed E-state index contributed by atoms with van der Waals surface area (Å²) in [6, 6.07) is 11.4. The normalized spacial score (nSPS) is 20.3. The molecule has 2 aromatic rings. The lowest BCUT2D eigenvalue weighted by molar-refractivity contribution is -0.123. The van der Waals surface area contributed by atoms with E-state index in [0.29, 0.717) is 31.6 Å². The van der Waals surface area contributed by atoms with Crippen LogP contribution in [-0.2, 0) is 17.6 Å². The second kappa shape index (κ2) is 11.0. The number of allylic oxidation sites excluding steroid dienone is 2. The van der Waals surface area contributed by atoms with Crippen molar-refractivity contribution < 1.29 is 15.0 Å². The van der Waals surface area contributed by atoms with E-state index in [2.05, 4.69) is 32.7 Å². The lowest BCUT2D eigenvalue weighted by Crippen LogP contribution is -2.41. The molecule has 1 amide bonds. The summed E-state index contributed by atoms with van der Waals surface area (Å²) in [6.45, 7) is 2.50. The summed E-state index contributed by atoms with van der Waals surface area (Å²) in [5.41, 5.74) is 4.88. The summed E-state index contributed by atoms with van der Waals surface area (Å²) in [7, 11) is 1.71. The number of carbonyl (C=O) groups is 1. The molecule has 1 fully saturated rings. The van der Waals surface area contributed by atoms with E-state index >= 15 is 0 Å². The molecule has 0 radical (unpaired) electrons. The highest BCUT2D eigenvalue weighted by molar-refractivity contribution is 6.04. The number of nitrogens with zero attached hydrogens (tertiary/aromatic N) is 2. The van der Waals surface area contributed by atoms with E-state index in [4.69, 9.17) is 0 Å². The molecular weight excluding hydrogens is 440 g/mol. The number of hydrogen-bond donors (Lipinski definition) is 4. The number of pyridine rings is 1. The molecule has 1 saturated carbocycles. The first kappa shape index (κ1) is 24.9. The first-order chi connectivity index (χ1) is 16.8. The summed E-state index contributed by atoms with van der Waals surface area (Å²) in [4.78, 5) is 22.1. The number of carbonyl (C=O) groups excluding carboxylic acids is 1. The Morgan fingerprint density at radius 3 is 2.77 bits per heavy atom. The standard InChI is InChI=1S/C28H36N4O3/c1-19-6-9-22(31-18-19)10-7-21-8-11-24(27(34)30-15-14-28(35)12-13-28)26(29-2)32-25(21)17-20-4-3-5-23(33)16-20/h3-6,9,16,18,24,33,35H,7-8,10-15,17H2,1-2H3,(H,29,32)(H,30,34). The van der Waals surface area contributed by atoms with Crippen LogP contribution in [0, 0.1) is 12.8 Å². The van der Waals surface area contributed by atoms with Crippen LogP contribution in [0.5, 0.6) is 5.75 Å². The largest absolute Gasteiger partial charge is 0.508 e. The molecule has 4 N–H and O–H groups in total. The molecule has 1 aromatic heterocycles. The van der Waals surface area contributed by atoms with Crippen molar-refractivity contribution in [3.05, 3.63) is 70.7 Å². The number of aliphatic hydroxyl groups is 1. The van der Waals surface area contributed by atoms with Crippen molar-refractivity contribution >= 4 is 11.7 Å². The molecule has 2 aliphatic rings. The molecule has 0 bridgehead atoms. The van der Waals surface area contributed by atoms with Crippen LogP contribution in [0.1, 0.15) is 55.3 Å². The van der Waals surface area contributed by atoms with Gasteiger partial charge in [-0.1, -0.05) is 23.8 Å². The van der Waals surface area contributed by atoms with Crippen LogP contribution in [-0.4, -0.2) is 46.1 Å². The predicted molar refractivity (Wildman–Crippen MR) is 137 cm³/mol. The van der Waals surface area contributed by atoms with Crippen molar-refractivity contribution in [3.8, 4) is 5.75 Å². The summed E-state index contributed by atoms with van der Waals surface area (Å²) in [6.07, 6.45) is 7.81. The maximum atomic E-state index is 13.1. The lowest BCUT2D eigenvalue weighted by atomic mass is 9.95. The van der Waals surface area contributed by atoms with E-state index in [9.17, 15) is 15.0 Å². The van der Waals surface area contributed by atoms with Crippen molar-refractivity contribution in [2.45, 2.75) is 63.9 Å². The van der Waals surface area contributed by atoms with Gasteiger partial charge < -0.3 is 20.8 Å². The number of aromatic nitrogens is 1. The highest BCUT2D eigenvalue weighted by Gasteiger charge is 2.39. The molecule has 1 atom stereocenters. The van der Waals surface area contributed by atoms with Crippen LogP contribution >= 0.6 is 0 Å². The van der Waals surface area contributed by atoms with E-state index < -0.39 is 5.60 Å². The molecule has 1 aliphatic carbocycles. The zero-order chi connectivity index (χ0) is 24.8. The maximum absolute atomic E-state index is 13.1. The number of amidine groups is 1. The van der Waals surface area contributed by atoms with Gasteiger partial charge in [-0.2, -0.15) is 0 Å². The van der Waals surface area contributed by atoms with Crippen molar-refractivity contribution in [1.82, 2.24) is 15.6 Å². The van der Waals surface area contributed by atoms with E-state index in [-0.39, 0.29) is 17.6 Å². The smallest absolute Gasteiger partial charge is 0.230 e. The van der Waals surface area contributed by atoms with Crippen molar-refractivity contribution in [1.29, 1.82) is 0 Å². The molecule has 1 aromatic carbocycles. The third kappa shape index (κ3) is 6.92. The van der Waals surface area contributed by atoms with Crippen LogP contribution in [0.25, 0.3) is 0 Å². The molecule has 35 heavy (non-hydrogen) atoms. The summed E-state index contributed by atoms with van der Waals surface area (Å²) < 4.78 is 0. The molecule has 186 valence electrons. The zero-order valence-electron chi connectivity index (χ0n) is 20.7.